The number of hydrogen-bond donors (Lipinski definition) is 2. The van der Waals surface area contributed by atoms with E-state index in [0.29, 0.717) is 0 Å². The molecule has 0 amide bonds. The highest BCUT2D eigenvalue weighted by Crippen LogP contribution is 2.47. The van der Waals surface area contributed by atoms with Gasteiger partial charge in [0.2, 0.25) is 0 Å². The Morgan fingerprint density at radius 3 is 1.70 bits per heavy atom. The Labute approximate surface area is 169 Å². The molecular weight excluding hydrogens is 398 g/mol. The highest BCUT2D eigenvalue weighted by Gasteiger charge is 2.37. The minimum Gasteiger partial charge on any atom is -0.497 e. The van der Waals surface area contributed by atoms with E-state index in [9.17, 15) is 30.3 Å². The maximum atomic E-state index is 10.4. The Morgan fingerprint density at radius 1 is 0.733 bits per heavy atom. The Balaban J connectivity index is 0.000000220. The number of phenols is 2. The number of benzene rings is 3. The summed E-state index contributed by atoms with van der Waals surface area (Å²) < 4.78 is 0. The number of phenolic OH excluding ortho intramolecular Hbond substituents is 2. The van der Waals surface area contributed by atoms with Gasteiger partial charge in [-0.05, 0) is 42.7 Å². The van der Waals surface area contributed by atoms with E-state index in [-0.39, 0.29) is 6.07 Å². The summed E-state index contributed by atoms with van der Waals surface area (Å²) in [4.78, 5) is 27.4. The summed E-state index contributed by atoms with van der Waals surface area (Å²) in [6.07, 6.45) is 0. The molecule has 11 heteroatoms. The van der Waals surface area contributed by atoms with Crippen molar-refractivity contribution in [2.75, 3.05) is 0 Å². The van der Waals surface area contributed by atoms with E-state index in [1.807, 2.05) is 0 Å². The number of hydrogen-bond acceptors (Lipinski definition) is 8. The van der Waals surface area contributed by atoms with Gasteiger partial charge in [0.05, 0.1) is 14.8 Å². The molecule has 0 atom stereocenters. The minimum atomic E-state index is -1.48. The molecule has 0 fully saturated rings. The largest absolute Gasteiger partial charge is 0.497 e. The number of nitrogens with zero attached hydrogens (tertiary/aromatic N) is 3. The van der Waals surface area contributed by atoms with E-state index in [1.165, 1.54) is 27.5 Å². The number of nitro benzene ring substituents is 3. The van der Waals surface area contributed by atoms with Crippen molar-refractivity contribution in [1.82, 2.24) is 0 Å². The molecule has 3 aromatic rings. The predicted molar refractivity (Wildman–Crippen MR) is 108 cm³/mol. The van der Waals surface area contributed by atoms with Crippen LogP contribution in [0.15, 0.2) is 36.4 Å². The second-order valence-corrected chi connectivity index (χ2v) is 6.46. The molecule has 11 nitrogen and oxygen atoms in total. The summed E-state index contributed by atoms with van der Waals surface area (Å²) in [6, 6.07) is 11.2. The van der Waals surface area contributed by atoms with Crippen LogP contribution >= 0.6 is 0 Å². The minimum absolute atomic E-state index is 0.234. The first-order chi connectivity index (χ1) is 14.0. The monoisotopic (exact) mass is 415 g/mol. The van der Waals surface area contributed by atoms with Gasteiger partial charge < -0.3 is 10.2 Å². The molecule has 0 saturated carbocycles. The lowest BCUT2D eigenvalue weighted by molar-refractivity contribution is -0.405. The highest BCUT2D eigenvalue weighted by molar-refractivity contribution is 5.87. The fourth-order valence-corrected chi connectivity index (χ4v) is 2.76. The maximum Gasteiger partial charge on any atom is 0.366 e. The lowest BCUT2D eigenvalue weighted by atomic mass is 9.99. The van der Waals surface area contributed by atoms with E-state index in [0.717, 1.165) is 0 Å². The number of aryl methyl sites for hydroxylation is 3. The average Bonchev–Trinajstić information content (AvgIpc) is 2.65. The van der Waals surface area contributed by atoms with E-state index in [4.69, 9.17) is 10.2 Å². The summed E-state index contributed by atoms with van der Waals surface area (Å²) in [7, 11) is 0. The molecule has 0 bridgehead atoms. The van der Waals surface area contributed by atoms with Gasteiger partial charge in [0.15, 0.2) is 0 Å². The van der Waals surface area contributed by atoms with Crippen LogP contribution in [0, 0.1) is 51.1 Å². The summed E-state index contributed by atoms with van der Waals surface area (Å²) in [5, 5.41) is 52.3. The maximum absolute atomic E-state index is 10.4. The molecule has 3 rings (SSSR count). The Bertz CT molecular complexity index is 1150. The topological polar surface area (TPSA) is 170 Å². The van der Waals surface area contributed by atoms with Crippen LogP contribution < -0.4 is 0 Å². The van der Waals surface area contributed by atoms with Crippen LogP contribution in [0.4, 0.5) is 17.1 Å². The van der Waals surface area contributed by atoms with Crippen LogP contribution in [0.5, 0.6) is 11.5 Å². The molecule has 0 spiro atoms. The van der Waals surface area contributed by atoms with Gasteiger partial charge in [0.25, 0.3) is 11.5 Å². The van der Waals surface area contributed by atoms with Crippen LogP contribution in [-0.4, -0.2) is 25.0 Å². The predicted octanol–water partition coefficient (Wildman–Crippen LogP) is 4.59. The molecule has 0 heterocycles. The zero-order chi connectivity index (χ0) is 22.7. The molecule has 156 valence electrons. The van der Waals surface area contributed by atoms with Crippen molar-refractivity contribution in [2.24, 2.45) is 0 Å². The zero-order valence-corrected chi connectivity index (χ0v) is 16.1. The van der Waals surface area contributed by atoms with Gasteiger partial charge in [0, 0.05) is 0 Å². The summed E-state index contributed by atoms with van der Waals surface area (Å²) in [5.41, 5.74) is 0.161. The lowest BCUT2D eigenvalue weighted by Gasteiger charge is -2.06. The van der Waals surface area contributed by atoms with Gasteiger partial charge in [-0.15, -0.1) is 0 Å². The molecule has 0 aliphatic carbocycles. The summed E-state index contributed by atoms with van der Waals surface area (Å²) >= 11 is 0. The SMILES string of the molecule is Cc1ccc2ccc(C)c(C)c2c1.O=[N+]([O-])c1cc([N+](=O)[O-])c(O)c([N+](=O)[O-])c1O. The van der Waals surface area contributed by atoms with Crippen molar-refractivity contribution in [1.29, 1.82) is 0 Å². The molecule has 0 aliphatic rings. The molecule has 0 radical (unpaired) electrons. The summed E-state index contributed by atoms with van der Waals surface area (Å²) in [6.45, 7) is 6.50. The third-order valence-electron chi connectivity index (χ3n) is 4.50. The van der Waals surface area contributed by atoms with E-state index < -0.39 is 43.3 Å². The summed E-state index contributed by atoms with van der Waals surface area (Å²) in [5.74, 6) is -2.88. The van der Waals surface area contributed by atoms with Crippen molar-refractivity contribution >= 4 is 27.8 Å². The van der Waals surface area contributed by atoms with Gasteiger partial charge in [-0.2, -0.15) is 0 Å². The van der Waals surface area contributed by atoms with E-state index >= 15 is 0 Å². The highest BCUT2D eigenvalue weighted by atomic mass is 16.6. The quantitative estimate of drug-likeness (QED) is 0.462. The smallest absolute Gasteiger partial charge is 0.366 e. The first-order valence-corrected chi connectivity index (χ1v) is 8.44. The lowest BCUT2D eigenvalue weighted by Crippen LogP contribution is -1.98. The van der Waals surface area contributed by atoms with Gasteiger partial charge >= 0.3 is 17.1 Å². The number of fused-ring (bicyclic) bond motifs is 1. The molecule has 0 aromatic heterocycles. The molecule has 0 aliphatic heterocycles. The Hall–Kier alpha value is -4.28. The van der Waals surface area contributed by atoms with Gasteiger partial charge in [-0.3, -0.25) is 30.3 Å². The van der Waals surface area contributed by atoms with Gasteiger partial charge in [-0.1, -0.05) is 35.9 Å². The second-order valence-electron chi connectivity index (χ2n) is 6.46. The molecule has 0 saturated heterocycles. The number of nitro groups is 3. The van der Waals surface area contributed by atoms with Crippen LogP contribution in [0.1, 0.15) is 16.7 Å². The Morgan fingerprint density at radius 2 is 1.23 bits per heavy atom. The fourth-order valence-electron chi connectivity index (χ4n) is 2.76. The van der Waals surface area contributed by atoms with Crippen LogP contribution in [-0.2, 0) is 0 Å². The van der Waals surface area contributed by atoms with E-state index in [1.54, 1.807) is 0 Å². The van der Waals surface area contributed by atoms with Crippen molar-refractivity contribution in [2.45, 2.75) is 20.8 Å². The normalized spacial score (nSPS) is 10.2. The first-order valence-electron chi connectivity index (χ1n) is 8.44. The van der Waals surface area contributed by atoms with Crippen molar-refractivity contribution in [3.63, 3.8) is 0 Å². The average molecular weight is 415 g/mol. The van der Waals surface area contributed by atoms with Crippen molar-refractivity contribution < 1.29 is 25.0 Å². The van der Waals surface area contributed by atoms with Crippen LogP contribution in [0.3, 0.4) is 0 Å². The van der Waals surface area contributed by atoms with E-state index in [2.05, 4.69) is 51.1 Å². The third-order valence-corrected chi connectivity index (χ3v) is 4.50. The van der Waals surface area contributed by atoms with Gasteiger partial charge in [-0.25, -0.2) is 0 Å². The fraction of sp³-hybridized carbons (Fsp3) is 0.158. The first kappa shape index (κ1) is 22.0. The molecular formula is C19H17N3O8. The number of rotatable bonds is 3. The molecule has 30 heavy (non-hydrogen) atoms. The molecule has 3 aromatic carbocycles. The second kappa shape index (κ2) is 8.39. The van der Waals surface area contributed by atoms with Crippen molar-refractivity contribution in [3.05, 3.63) is 83.4 Å². The number of aromatic hydroxyl groups is 2. The molecule has 2 N–H and O–H groups in total. The van der Waals surface area contributed by atoms with Crippen LogP contribution in [0.2, 0.25) is 0 Å². The zero-order valence-electron chi connectivity index (χ0n) is 16.1. The Kier molecular flexibility index (Phi) is 6.16. The van der Waals surface area contributed by atoms with Gasteiger partial charge in [0.1, 0.15) is 6.07 Å². The standard InChI is InChI=1S/C13H14.C6H3N3O8/c1-9-4-6-12-7-5-10(2)11(3)13(12)8-9;10-5-2(7(12)13)1-3(8(14)15)6(11)4(5)9(16)17/h4-8H,1-3H3;1,10-11H. The third kappa shape index (κ3) is 4.24. The van der Waals surface area contributed by atoms with Crippen molar-refractivity contribution in [3.8, 4) is 11.5 Å². The molecule has 0 unspecified atom stereocenters. The van der Waals surface area contributed by atoms with Crippen LogP contribution in [0.25, 0.3) is 10.8 Å².